The molecule has 0 spiro atoms. The molecule has 5 rings (SSSR count). The highest BCUT2D eigenvalue weighted by Gasteiger charge is 2.37. The lowest BCUT2D eigenvalue weighted by Gasteiger charge is -2.34. The molecule has 2 aliphatic rings. The first-order valence-electron chi connectivity index (χ1n) is 10.1. The molecule has 3 aromatic rings. The van der Waals surface area contributed by atoms with Crippen LogP contribution < -0.4 is 15.6 Å². The van der Waals surface area contributed by atoms with E-state index in [1.807, 2.05) is 42.5 Å². The van der Waals surface area contributed by atoms with Crippen LogP contribution in [0.2, 0.25) is 0 Å². The second-order valence-electron chi connectivity index (χ2n) is 7.45. The van der Waals surface area contributed by atoms with Gasteiger partial charge < -0.3 is 15.5 Å². The number of nitrogens with two attached hydrogens (primary N) is 1. The van der Waals surface area contributed by atoms with E-state index in [1.165, 1.54) is 0 Å². The van der Waals surface area contributed by atoms with E-state index in [0.29, 0.717) is 31.9 Å². The number of hydrazone groups is 1. The molecule has 1 saturated heterocycles. The van der Waals surface area contributed by atoms with Gasteiger partial charge in [0.05, 0.1) is 5.69 Å². The normalized spacial score (nSPS) is 19.0. The van der Waals surface area contributed by atoms with Crippen LogP contribution in [0.25, 0.3) is 10.3 Å². The first-order valence-corrected chi connectivity index (χ1v) is 10.9. The summed E-state index contributed by atoms with van der Waals surface area (Å²) in [5.41, 5.74) is 7.58. The van der Waals surface area contributed by atoms with Gasteiger partial charge in [-0.1, -0.05) is 29.5 Å². The quantitative estimate of drug-likeness (QED) is 0.665. The Kier molecular flexibility index (Phi) is 4.99. The van der Waals surface area contributed by atoms with Crippen molar-refractivity contribution in [2.24, 2.45) is 10.8 Å². The van der Waals surface area contributed by atoms with Gasteiger partial charge in [0, 0.05) is 38.8 Å². The minimum Gasteiger partial charge on any atom is -0.368 e. The molecule has 0 saturated carbocycles. The Morgan fingerprint density at radius 2 is 1.81 bits per heavy atom. The Morgan fingerprint density at radius 3 is 2.52 bits per heavy atom. The van der Waals surface area contributed by atoms with E-state index >= 15 is 0 Å². The fourth-order valence-corrected chi connectivity index (χ4v) is 4.82. The number of hydrogen-bond donors (Lipinski definition) is 1. The van der Waals surface area contributed by atoms with Gasteiger partial charge in [-0.15, -0.1) is 0 Å². The predicted molar refractivity (Wildman–Crippen MR) is 120 cm³/mol. The van der Waals surface area contributed by atoms with E-state index in [0.717, 1.165) is 21.2 Å². The first kappa shape index (κ1) is 19.4. The molecule has 1 unspecified atom stereocenters. The number of fused-ring (bicyclic) bond motifs is 1. The Morgan fingerprint density at radius 1 is 1.03 bits per heavy atom. The van der Waals surface area contributed by atoms with E-state index in [2.05, 4.69) is 20.0 Å². The third-order valence-electron chi connectivity index (χ3n) is 5.50. The number of thiazole rings is 1. The standard InChI is InChI=1S/C21H21N7O2S/c22-18(29)17-13-16(25-28(17)14-5-2-1-3-6-14)20(30)26-9-11-27(12-10-26)21-24-15-7-4-8-23-19(15)31-21/h1-8,17H,9-13H2,(H2,22,29). The van der Waals surface area contributed by atoms with Crippen LogP contribution in [0, 0.1) is 0 Å². The lowest BCUT2D eigenvalue weighted by atomic mass is 10.1. The maximum Gasteiger partial charge on any atom is 0.270 e. The maximum absolute atomic E-state index is 13.1. The number of amides is 2. The van der Waals surface area contributed by atoms with Crippen molar-refractivity contribution in [1.29, 1.82) is 0 Å². The van der Waals surface area contributed by atoms with E-state index in [9.17, 15) is 9.59 Å². The number of rotatable bonds is 4. The van der Waals surface area contributed by atoms with Crippen molar-refractivity contribution >= 4 is 50.0 Å². The molecule has 0 aliphatic carbocycles. The predicted octanol–water partition coefficient (Wildman–Crippen LogP) is 1.46. The van der Waals surface area contributed by atoms with Crippen LogP contribution in [0.3, 0.4) is 0 Å². The molecule has 1 fully saturated rings. The highest BCUT2D eigenvalue weighted by atomic mass is 32.1. The lowest BCUT2D eigenvalue weighted by molar-refractivity contribution is -0.124. The number of piperazine rings is 1. The Hall–Kier alpha value is -3.53. The molecule has 0 radical (unpaired) electrons. The minimum absolute atomic E-state index is 0.143. The van der Waals surface area contributed by atoms with Crippen LogP contribution in [-0.2, 0) is 9.59 Å². The third-order valence-corrected chi connectivity index (χ3v) is 6.54. The molecule has 0 bridgehead atoms. The highest BCUT2D eigenvalue weighted by Crippen LogP contribution is 2.28. The largest absolute Gasteiger partial charge is 0.368 e. The van der Waals surface area contributed by atoms with Gasteiger partial charge in [0.25, 0.3) is 5.91 Å². The number of para-hydroxylation sites is 1. The van der Waals surface area contributed by atoms with Gasteiger partial charge >= 0.3 is 0 Å². The molecule has 2 aliphatic heterocycles. The molecule has 4 heterocycles. The van der Waals surface area contributed by atoms with E-state index in [1.54, 1.807) is 27.4 Å². The SMILES string of the molecule is NC(=O)C1CC(C(=O)N2CCN(c3nc4cccnc4s3)CC2)=NN1c1ccccc1. The van der Waals surface area contributed by atoms with Crippen LogP contribution in [0.1, 0.15) is 6.42 Å². The number of carbonyl (C=O) groups is 2. The molecule has 2 amide bonds. The van der Waals surface area contributed by atoms with Crippen LogP contribution in [0.4, 0.5) is 10.8 Å². The van der Waals surface area contributed by atoms with Gasteiger partial charge in [-0.25, -0.2) is 9.97 Å². The molecule has 158 valence electrons. The second kappa shape index (κ2) is 7.95. The summed E-state index contributed by atoms with van der Waals surface area (Å²) in [6, 6.07) is 12.5. The molecule has 2 N–H and O–H groups in total. The highest BCUT2D eigenvalue weighted by molar-refractivity contribution is 7.21. The Labute approximate surface area is 182 Å². The number of aromatic nitrogens is 2. The van der Waals surface area contributed by atoms with Crippen LogP contribution in [-0.4, -0.2) is 64.6 Å². The van der Waals surface area contributed by atoms with Crippen molar-refractivity contribution in [2.75, 3.05) is 36.1 Å². The summed E-state index contributed by atoms with van der Waals surface area (Å²) in [7, 11) is 0. The minimum atomic E-state index is -0.655. The van der Waals surface area contributed by atoms with E-state index in [-0.39, 0.29) is 12.3 Å². The zero-order chi connectivity index (χ0) is 21.4. The van der Waals surface area contributed by atoms with Crippen LogP contribution in [0.15, 0.2) is 53.8 Å². The maximum atomic E-state index is 13.1. The molecule has 9 nitrogen and oxygen atoms in total. The third kappa shape index (κ3) is 3.70. The number of hydrogen-bond acceptors (Lipinski definition) is 8. The monoisotopic (exact) mass is 435 g/mol. The summed E-state index contributed by atoms with van der Waals surface area (Å²) in [5.74, 6) is -0.639. The van der Waals surface area contributed by atoms with Gasteiger partial charge in [-0.2, -0.15) is 5.10 Å². The molecule has 31 heavy (non-hydrogen) atoms. The topological polar surface area (TPSA) is 108 Å². The van der Waals surface area contributed by atoms with Crippen molar-refractivity contribution in [3.05, 3.63) is 48.7 Å². The number of anilines is 2. The van der Waals surface area contributed by atoms with Gasteiger partial charge in [0.1, 0.15) is 22.1 Å². The fourth-order valence-electron chi connectivity index (χ4n) is 3.86. The van der Waals surface area contributed by atoms with Gasteiger partial charge in [-0.05, 0) is 24.3 Å². The van der Waals surface area contributed by atoms with Crippen molar-refractivity contribution in [2.45, 2.75) is 12.5 Å². The Bertz CT molecular complexity index is 1120. The summed E-state index contributed by atoms with van der Waals surface area (Å²) in [6.45, 7) is 2.49. The fraction of sp³-hybridized carbons (Fsp3) is 0.286. The summed E-state index contributed by atoms with van der Waals surface area (Å²) >= 11 is 1.56. The van der Waals surface area contributed by atoms with Crippen LogP contribution >= 0.6 is 11.3 Å². The summed E-state index contributed by atoms with van der Waals surface area (Å²) < 4.78 is 0. The first-order chi connectivity index (χ1) is 15.1. The van der Waals surface area contributed by atoms with Crippen molar-refractivity contribution in [3.63, 3.8) is 0 Å². The number of carbonyl (C=O) groups excluding carboxylic acids is 2. The number of benzene rings is 1. The molecule has 2 aromatic heterocycles. The van der Waals surface area contributed by atoms with Crippen LogP contribution in [0.5, 0.6) is 0 Å². The smallest absolute Gasteiger partial charge is 0.270 e. The van der Waals surface area contributed by atoms with Gasteiger partial charge in [0.2, 0.25) is 5.91 Å². The number of primary amides is 1. The summed E-state index contributed by atoms with van der Waals surface area (Å²) in [4.78, 5) is 39.0. The van der Waals surface area contributed by atoms with E-state index < -0.39 is 11.9 Å². The zero-order valence-corrected chi connectivity index (χ0v) is 17.5. The molecule has 1 aromatic carbocycles. The second-order valence-corrected chi connectivity index (χ2v) is 8.41. The van der Waals surface area contributed by atoms with Crippen molar-refractivity contribution < 1.29 is 9.59 Å². The summed E-state index contributed by atoms with van der Waals surface area (Å²) in [6.07, 6.45) is 1.98. The number of nitrogens with zero attached hydrogens (tertiary/aromatic N) is 6. The van der Waals surface area contributed by atoms with Gasteiger partial charge in [-0.3, -0.25) is 14.6 Å². The molecular formula is C21H21N7O2S. The van der Waals surface area contributed by atoms with E-state index in [4.69, 9.17) is 5.73 Å². The zero-order valence-electron chi connectivity index (χ0n) is 16.7. The molecule has 10 heteroatoms. The van der Waals surface area contributed by atoms with Gasteiger partial charge in [0.15, 0.2) is 5.13 Å². The average Bonchev–Trinajstić information content (AvgIpc) is 3.44. The van der Waals surface area contributed by atoms with Crippen molar-refractivity contribution in [1.82, 2.24) is 14.9 Å². The Balaban J connectivity index is 1.28. The lowest BCUT2D eigenvalue weighted by Crippen LogP contribution is -2.50. The average molecular weight is 436 g/mol. The molecular weight excluding hydrogens is 414 g/mol. The molecule has 1 atom stereocenters. The number of pyridine rings is 1. The summed E-state index contributed by atoms with van der Waals surface area (Å²) in [5, 5.41) is 6.94. The van der Waals surface area contributed by atoms with Crippen molar-refractivity contribution in [3.8, 4) is 0 Å².